The number of aromatic carboxylic acids is 1. The molecule has 3 heterocycles. The molecule has 1 aliphatic carbocycles. The molecule has 0 spiro atoms. The molecule has 0 radical (unpaired) electrons. The molecule has 7 nitrogen and oxygen atoms in total. The molecule has 3 atom stereocenters. The summed E-state index contributed by atoms with van der Waals surface area (Å²) in [5.74, 6) is -2.02. The van der Waals surface area contributed by atoms with Crippen LogP contribution in [-0.2, 0) is 0 Å². The van der Waals surface area contributed by atoms with Crippen molar-refractivity contribution in [2.24, 2.45) is 11.8 Å². The largest absolute Gasteiger partial charge is 0.477 e. The lowest BCUT2D eigenvalue weighted by atomic mass is 9.82. The van der Waals surface area contributed by atoms with Crippen molar-refractivity contribution < 1.29 is 18.7 Å². The maximum absolute atomic E-state index is 14.7. The summed E-state index contributed by atoms with van der Waals surface area (Å²) in [6, 6.07) is 3.12. The highest BCUT2D eigenvalue weighted by molar-refractivity contribution is 6.37. The van der Waals surface area contributed by atoms with Crippen LogP contribution < -0.4 is 15.6 Å². The van der Waals surface area contributed by atoms with Crippen molar-refractivity contribution in [2.75, 3.05) is 25.0 Å². The number of aromatic nitrogens is 2. The number of anilines is 1. The molecule has 5 rings (SSSR count). The minimum atomic E-state index is -1.47. The Hall–Kier alpha value is -3.30. The molecule has 1 fully saturated rings. The van der Waals surface area contributed by atoms with Gasteiger partial charge in [0, 0.05) is 43.5 Å². The van der Waals surface area contributed by atoms with Gasteiger partial charge in [-0.25, -0.2) is 18.6 Å². The molecular weight excluding hydrogens is 466 g/mol. The summed E-state index contributed by atoms with van der Waals surface area (Å²) in [5, 5.41) is 12.9. The van der Waals surface area contributed by atoms with Crippen molar-refractivity contribution in [3.8, 4) is 5.69 Å². The Bertz CT molecular complexity index is 1410. The van der Waals surface area contributed by atoms with E-state index in [1.165, 1.54) is 16.8 Å². The quantitative estimate of drug-likeness (QED) is 0.548. The molecule has 3 aromatic rings. The van der Waals surface area contributed by atoms with Gasteiger partial charge in [-0.3, -0.25) is 4.79 Å². The van der Waals surface area contributed by atoms with Gasteiger partial charge in [0.2, 0.25) is 5.43 Å². The van der Waals surface area contributed by atoms with Crippen molar-refractivity contribution in [1.82, 2.24) is 14.9 Å². The summed E-state index contributed by atoms with van der Waals surface area (Å²) in [5.41, 5.74) is -1.37. The van der Waals surface area contributed by atoms with Gasteiger partial charge in [0.25, 0.3) is 0 Å². The monoisotopic (exact) mass is 486 g/mol. The van der Waals surface area contributed by atoms with Gasteiger partial charge in [0.05, 0.1) is 16.6 Å². The first-order chi connectivity index (χ1) is 16.3. The Morgan fingerprint density at radius 3 is 2.79 bits per heavy atom. The van der Waals surface area contributed by atoms with Gasteiger partial charge >= 0.3 is 5.97 Å². The van der Waals surface area contributed by atoms with E-state index in [0.717, 1.165) is 18.7 Å². The molecule has 2 aromatic heterocycles. The Balaban J connectivity index is 1.70. The third kappa shape index (κ3) is 3.56. The number of rotatable bonds is 4. The third-order valence-electron chi connectivity index (χ3n) is 6.73. The van der Waals surface area contributed by atoms with Crippen molar-refractivity contribution in [3.05, 3.63) is 75.2 Å². The molecule has 10 heteroatoms. The summed E-state index contributed by atoms with van der Waals surface area (Å²) >= 11 is 6.79. The predicted octanol–water partition coefficient (Wildman–Crippen LogP) is 3.62. The lowest BCUT2D eigenvalue weighted by Gasteiger charge is -2.28. The number of hydrogen-bond donors (Lipinski definition) is 2. The summed E-state index contributed by atoms with van der Waals surface area (Å²) in [6.45, 7) is 1.38. The minimum absolute atomic E-state index is 0.0660. The second-order valence-electron chi connectivity index (χ2n) is 8.61. The van der Waals surface area contributed by atoms with Gasteiger partial charge in [-0.2, -0.15) is 0 Å². The summed E-state index contributed by atoms with van der Waals surface area (Å²) in [4.78, 5) is 31.1. The second-order valence-corrected chi connectivity index (χ2v) is 8.99. The Kier molecular flexibility index (Phi) is 5.61. The standard InChI is InChI=1S/C24H21ClF2N4O3/c1-28-18-4-2-3-12-9-30(10-15(12)18)23-20(25)21-14(8-29-23)22(32)16(24(33)34)11-31(21)19-6-5-13(26)7-17(19)27/h2,4-8,11-12,15,18,28H,3,9-10H2,1H3,(H,33,34)/t12-,15+,18-/m0/s1. The highest BCUT2D eigenvalue weighted by Gasteiger charge is 2.39. The smallest absolute Gasteiger partial charge is 0.341 e. The average molecular weight is 487 g/mol. The van der Waals surface area contributed by atoms with Crippen LogP contribution in [0.3, 0.4) is 0 Å². The molecule has 0 saturated carbocycles. The van der Waals surface area contributed by atoms with Crippen LogP contribution in [0.15, 0.2) is 47.5 Å². The van der Waals surface area contributed by atoms with Crippen LogP contribution in [0.5, 0.6) is 0 Å². The number of nitrogens with one attached hydrogen (secondary N) is 1. The number of likely N-dealkylation sites (N-methyl/N-ethyl adjacent to an activating group) is 1. The molecule has 1 aliphatic heterocycles. The number of carbonyl (C=O) groups is 1. The van der Waals surface area contributed by atoms with E-state index in [2.05, 4.69) is 22.5 Å². The van der Waals surface area contributed by atoms with Gasteiger partial charge in [-0.15, -0.1) is 0 Å². The van der Waals surface area contributed by atoms with Crippen molar-refractivity contribution in [2.45, 2.75) is 12.5 Å². The predicted molar refractivity (Wildman–Crippen MR) is 125 cm³/mol. The van der Waals surface area contributed by atoms with E-state index in [-0.39, 0.29) is 27.7 Å². The van der Waals surface area contributed by atoms with Gasteiger partial charge in [0.15, 0.2) is 0 Å². The fourth-order valence-corrected chi connectivity index (χ4v) is 5.45. The van der Waals surface area contributed by atoms with Crippen LogP contribution >= 0.6 is 11.6 Å². The van der Waals surface area contributed by atoms with Crippen molar-refractivity contribution in [3.63, 3.8) is 0 Å². The lowest BCUT2D eigenvalue weighted by Crippen LogP contribution is -2.38. The molecule has 0 bridgehead atoms. The highest BCUT2D eigenvalue weighted by atomic mass is 35.5. The minimum Gasteiger partial charge on any atom is -0.477 e. The number of pyridine rings is 2. The van der Waals surface area contributed by atoms with E-state index in [0.29, 0.717) is 36.8 Å². The first-order valence-electron chi connectivity index (χ1n) is 10.8. The Morgan fingerprint density at radius 1 is 1.29 bits per heavy atom. The average Bonchev–Trinajstić information content (AvgIpc) is 3.24. The number of fused-ring (bicyclic) bond motifs is 2. The van der Waals surface area contributed by atoms with Crippen LogP contribution in [0.2, 0.25) is 5.02 Å². The molecule has 2 N–H and O–H groups in total. The van der Waals surface area contributed by atoms with Crippen LogP contribution in [0.25, 0.3) is 16.6 Å². The van der Waals surface area contributed by atoms with Gasteiger partial charge in [-0.05, 0) is 31.5 Å². The normalized spacial score (nSPS) is 21.8. The SMILES string of the molecule is CN[C@H]1C=CC[C@H]2CN(c3ncc4c(=O)c(C(=O)O)cn(-c5ccc(F)cc5F)c4c3Cl)C[C@H]21. The van der Waals surface area contributed by atoms with E-state index in [1.54, 1.807) is 0 Å². The maximum Gasteiger partial charge on any atom is 0.341 e. The van der Waals surface area contributed by atoms with Crippen molar-refractivity contribution in [1.29, 1.82) is 0 Å². The van der Waals surface area contributed by atoms with Crippen LogP contribution in [0.1, 0.15) is 16.8 Å². The van der Waals surface area contributed by atoms with Crippen molar-refractivity contribution >= 4 is 34.3 Å². The summed E-state index contributed by atoms with van der Waals surface area (Å²) in [7, 11) is 1.91. The first kappa shape index (κ1) is 22.5. The number of benzene rings is 1. The topological polar surface area (TPSA) is 87.5 Å². The number of allylic oxidation sites excluding steroid dienone is 1. The molecule has 176 valence electrons. The zero-order valence-corrected chi connectivity index (χ0v) is 18.9. The van der Waals surface area contributed by atoms with E-state index in [4.69, 9.17) is 11.6 Å². The molecule has 2 aliphatic rings. The van der Waals surface area contributed by atoms with E-state index in [1.807, 2.05) is 11.9 Å². The Labute approximate surface area is 198 Å². The van der Waals surface area contributed by atoms with E-state index >= 15 is 0 Å². The first-order valence-corrected chi connectivity index (χ1v) is 11.2. The number of hydrogen-bond acceptors (Lipinski definition) is 5. The van der Waals surface area contributed by atoms with Gasteiger partial charge in [-0.1, -0.05) is 23.8 Å². The van der Waals surface area contributed by atoms with Gasteiger partial charge < -0.3 is 19.9 Å². The molecule has 0 amide bonds. The Morgan fingerprint density at radius 2 is 2.09 bits per heavy atom. The zero-order chi connectivity index (χ0) is 24.1. The van der Waals surface area contributed by atoms with Gasteiger partial charge in [0.1, 0.15) is 28.0 Å². The van der Waals surface area contributed by atoms with E-state index < -0.39 is 28.6 Å². The van der Waals surface area contributed by atoms with E-state index in [9.17, 15) is 23.5 Å². The molecule has 1 saturated heterocycles. The van der Waals surface area contributed by atoms with Crippen LogP contribution in [-0.4, -0.2) is 46.8 Å². The highest BCUT2D eigenvalue weighted by Crippen LogP contribution is 2.39. The fraction of sp³-hybridized carbons (Fsp3) is 0.292. The summed E-state index contributed by atoms with van der Waals surface area (Å²) in [6.07, 6.45) is 7.53. The maximum atomic E-state index is 14.7. The molecular formula is C24H21ClF2N4O3. The number of nitrogens with zero attached hydrogens (tertiary/aromatic N) is 3. The zero-order valence-electron chi connectivity index (χ0n) is 18.1. The molecule has 34 heavy (non-hydrogen) atoms. The molecule has 1 aromatic carbocycles. The third-order valence-corrected chi connectivity index (χ3v) is 7.08. The second kappa shape index (κ2) is 8.48. The van der Waals surface area contributed by atoms with Crippen LogP contribution in [0.4, 0.5) is 14.6 Å². The fourth-order valence-electron chi connectivity index (χ4n) is 5.08. The van der Waals surface area contributed by atoms with Crippen LogP contribution in [0, 0.1) is 23.5 Å². The summed E-state index contributed by atoms with van der Waals surface area (Å²) < 4.78 is 29.5. The number of carboxylic acid groups (broad SMARTS) is 1. The number of carboxylic acids is 1. The number of halogens is 3. The lowest BCUT2D eigenvalue weighted by molar-refractivity contribution is 0.0695. The molecule has 0 unspecified atom stereocenters.